The standard InChI is InChI=1S/C15H21N3O/c1-4-12(13-6-5-7-16-13)10-14(19)15-17-8-9-18(15)11(2)3/h5-9,11-12,16H,4,10H2,1-3H3/t12-/m1/s1. The van der Waals surface area contributed by atoms with Crippen molar-refractivity contribution >= 4 is 5.78 Å². The first-order valence-corrected chi connectivity index (χ1v) is 6.82. The third-order valence-electron chi connectivity index (χ3n) is 3.46. The number of H-pyrrole nitrogens is 1. The van der Waals surface area contributed by atoms with E-state index in [1.165, 1.54) is 0 Å². The number of aromatic nitrogens is 3. The fraction of sp³-hybridized carbons (Fsp3) is 0.467. The number of hydrogen-bond acceptors (Lipinski definition) is 2. The number of carbonyl (C=O) groups is 1. The summed E-state index contributed by atoms with van der Waals surface area (Å²) in [6.45, 7) is 6.22. The summed E-state index contributed by atoms with van der Waals surface area (Å²) in [6.07, 6.45) is 6.91. The van der Waals surface area contributed by atoms with Gasteiger partial charge in [0, 0.05) is 42.7 Å². The van der Waals surface area contributed by atoms with Crippen LogP contribution in [-0.2, 0) is 0 Å². The van der Waals surface area contributed by atoms with Crippen LogP contribution in [0.15, 0.2) is 30.7 Å². The van der Waals surface area contributed by atoms with E-state index in [4.69, 9.17) is 0 Å². The molecule has 2 rings (SSSR count). The summed E-state index contributed by atoms with van der Waals surface area (Å²) in [4.78, 5) is 19.8. The zero-order valence-electron chi connectivity index (χ0n) is 11.8. The molecule has 0 aliphatic rings. The summed E-state index contributed by atoms with van der Waals surface area (Å²) in [5.41, 5.74) is 1.12. The molecular weight excluding hydrogens is 238 g/mol. The third-order valence-corrected chi connectivity index (χ3v) is 3.46. The van der Waals surface area contributed by atoms with Gasteiger partial charge in [-0.15, -0.1) is 0 Å². The van der Waals surface area contributed by atoms with Crippen molar-refractivity contribution in [3.63, 3.8) is 0 Å². The minimum atomic E-state index is 0.111. The number of aromatic amines is 1. The number of Topliss-reactive ketones (excluding diaryl/α,β-unsaturated/α-hetero) is 1. The van der Waals surface area contributed by atoms with Gasteiger partial charge in [0.1, 0.15) is 0 Å². The van der Waals surface area contributed by atoms with Crippen LogP contribution in [0.25, 0.3) is 0 Å². The number of rotatable bonds is 6. The van der Waals surface area contributed by atoms with Gasteiger partial charge in [-0.05, 0) is 32.4 Å². The molecule has 0 aliphatic carbocycles. The molecule has 19 heavy (non-hydrogen) atoms. The van der Waals surface area contributed by atoms with Crippen LogP contribution in [0.4, 0.5) is 0 Å². The summed E-state index contributed by atoms with van der Waals surface area (Å²) >= 11 is 0. The smallest absolute Gasteiger partial charge is 0.198 e. The van der Waals surface area contributed by atoms with Gasteiger partial charge in [-0.2, -0.15) is 0 Å². The van der Waals surface area contributed by atoms with E-state index in [1.807, 2.05) is 29.1 Å². The van der Waals surface area contributed by atoms with Gasteiger partial charge in [-0.1, -0.05) is 6.92 Å². The minimum Gasteiger partial charge on any atom is -0.365 e. The predicted molar refractivity (Wildman–Crippen MR) is 75.4 cm³/mol. The lowest BCUT2D eigenvalue weighted by Crippen LogP contribution is -2.14. The summed E-state index contributed by atoms with van der Waals surface area (Å²) in [5, 5.41) is 0. The minimum absolute atomic E-state index is 0.111. The molecule has 2 aromatic heterocycles. The van der Waals surface area contributed by atoms with Crippen molar-refractivity contribution in [2.45, 2.75) is 45.6 Å². The van der Waals surface area contributed by atoms with Crippen molar-refractivity contribution in [1.82, 2.24) is 14.5 Å². The molecule has 4 nitrogen and oxygen atoms in total. The van der Waals surface area contributed by atoms with Gasteiger partial charge < -0.3 is 9.55 Å². The lowest BCUT2D eigenvalue weighted by Gasteiger charge is -2.14. The van der Waals surface area contributed by atoms with Gasteiger partial charge in [0.2, 0.25) is 0 Å². The molecule has 1 N–H and O–H groups in total. The molecule has 2 heterocycles. The van der Waals surface area contributed by atoms with E-state index in [1.54, 1.807) is 6.20 Å². The van der Waals surface area contributed by atoms with Crippen molar-refractivity contribution in [1.29, 1.82) is 0 Å². The molecule has 2 aromatic rings. The van der Waals surface area contributed by atoms with E-state index in [9.17, 15) is 4.79 Å². The Balaban J connectivity index is 2.14. The molecule has 0 fully saturated rings. The lowest BCUT2D eigenvalue weighted by atomic mass is 9.96. The van der Waals surface area contributed by atoms with Crippen molar-refractivity contribution in [3.8, 4) is 0 Å². The average molecular weight is 259 g/mol. The summed E-state index contributed by atoms with van der Waals surface area (Å²) in [6, 6.07) is 4.26. The molecule has 0 bridgehead atoms. The van der Waals surface area contributed by atoms with Crippen molar-refractivity contribution in [2.24, 2.45) is 0 Å². The summed E-state index contributed by atoms with van der Waals surface area (Å²) in [5.74, 6) is 0.917. The Hall–Kier alpha value is -1.84. The summed E-state index contributed by atoms with van der Waals surface area (Å²) < 4.78 is 1.93. The Morgan fingerprint density at radius 2 is 2.26 bits per heavy atom. The predicted octanol–water partition coefficient (Wildman–Crippen LogP) is 3.56. The highest BCUT2D eigenvalue weighted by atomic mass is 16.1. The molecule has 4 heteroatoms. The van der Waals surface area contributed by atoms with Crippen LogP contribution in [0, 0.1) is 0 Å². The molecule has 0 unspecified atom stereocenters. The van der Waals surface area contributed by atoms with Crippen LogP contribution in [0.2, 0.25) is 0 Å². The van der Waals surface area contributed by atoms with E-state index in [0.717, 1.165) is 12.1 Å². The molecule has 102 valence electrons. The van der Waals surface area contributed by atoms with Gasteiger partial charge in [0.25, 0.3) is 0 Å². The second-order valence-corrected chi connectivity index (χ2v) is 5.11. The zero-order chi connectivity index (χ0) is 13.8. The van der Waals surface area contributed by atoms with Gasteiger partial charge in [-0.25, -0.2) is 4.98 Å². The summed E-state index contributed by atoms with van der Waals surface area (Å²) in [7, 11) is 0. The zero-order valence-corrected chi connectivity index (χ0v) is 11.8. The Morgan fingerprint density at radius 1 is 1.47 bits per heavy atom. The van der Waals surface area contributed by atoms with E-state index in [2.05, 4.69) is 30.7 Å². The second-order valence-electron chi connectivity index (χ2n) is 5.11. The van der Waals surface area contributed by atoms with Crippen LogP contribution in [-0.4, -0.2) is 20.3 Å². The van der Waals surface area contributed by atoms with Crippen LogP contribution in [0.3, 0.4) is 0 Å². The van der Waals surface area contributed by atoms with E-state index >= 15 is 0 Å². The first-order chi connectivity index (χ1) is 9.13. The molecule has 0 aliphatic heterocycles. The number of nitrogens with one attached hydrogen (secondary N) is 1. The van der Waals surface area contributed by atoms with E-state index < -0.39 is 0 Å². The quantitative estimate of drug-likeness (QED) is 0.806. The van der Waals surface area contributed by atoms with E-state index in [0.29, 0.717) is 12.2 Å². The average Bonchev–Trinajstić information content (AvgIpc) is 3.05. The Morgan fingerprint density at radius 3 is 2.84 bits per heavy atom. The third kappa shape index (κ3) is 2.95. The fourth-order valence-electron chi connectivity index (χ4n) is 2.33. The van der Waals surface area contributed by atoms with Gasteiger partial charge in [0.15, 0.2) is 11.6 Å². The maximum absolute atomic E-state index is 12.4. The molecule has 1 atom stereocenters. The lowest BCUT2D eigenvalue weighted by molar-refractivity contribution is 0.0956. The van der Waals surface area contributed by atoms with Crippen molar-refractivity contribution < 1.29 is 4.79 Å². The molecule has 0 radical (unpaired) electrons. The Kier molecular flexibility index (Phi) is 4.20. The first kappa shape index (κ1) is 13.6. The molecule has 0 amide bonds. The molecule has 0 spiro atoms. The fourth-order valence-corrected chi connectivity index (χ4v) is 2.33. The van der Waals surface area contributed by atoms with Crippen LogP contribution < -0.4 is 0 Å². The van der Waals surface area contributed by atoms with Crippen LogP contribution >= 0.6 is 0 Å². The highest BCUT2D eigenvalue weighted by molar-refractivity contribution is 5.93. The first-order valence-electron chi connectivity index (χ1n) is 6.82. The number of hydrogen-bond donors (Lipinski definition) is 1. The van der Waals surface area contributed by atoms with Crippen molar-refractivity contribution in [3.05, 3.63) is 42.2 Å². The monoisotopic (exact) mass is 259 g/mol. The van der Waals surface area contributed by atoms with Crippen molar-refractivity contribution in [2.75, 3.05) is 0 Å². The van der Waals surface area contributed by atoms with Gasteiger partial charge in [0.05, 0.1) is 0 Å². The molecule has 0 saturated heterocycles. The van der Waals surface area contributed by atoms with E-state index in [-0.39, 0.29) is 17.7 Å². The van der Waals surface area contributed by atoms with Crippen LogP contribution in [0.1, 0.15) is 61.9 Å². The maximum Gasteiger partial charge on any atom is 0.198 e. The van der Waals surface area contributed by atoms with Gasteiger partial charge >= 0.3 is 0 Å². The number of ketones is 1. The topological polar surface area (TPSA) is 50.7 Å². The molecule has 0 aromatic carbocycles. The second kappa shape index (κ2) is 5.87. The number of carbonyl (C=O) groups excluding carboxylic acids is 1. The molecule has 0 saturated carbocycles. The Labute approximate surface area is 113 Å². The Bertz CT molecular complexity index is 525. The van der Waals surface area contributed by atoms with Crippen LogP contribution in [0.5, 0.6) is 0 Å². The number of imidazole rings is 1. The highest BCUT2D eigenvalue weighted by Gasteiger charge is 2.20. The number of nitrogens with zero attached hydrogens (tertiary/aromatic N) is 2. The largest absolute Gasteiger partial charge is 0.365 e. The SMILES string of the molecule is CC[C@H](CC(=O)c1nccn1C(C)C)c1ccc[nH]1. The highest BCUT2D eigenvalue weighted by Crippen LogP contribution is 2.23. The maximum atomic E-state index is 12.4. The normalized spacial score (nSPS) is 12.8. The van der Waals surface area contributed by atoms with Gasteiger partial charge in [-0.3, -0.25) is 4.79 Å². The molecular formula is C15H21N3O.